The Labute approximate surface area is 139 Å². The molecule has 0 unspecified atom stereocenters. The number of amides is 6. The van der Waals surface area contributed by atoms with Crippen LogP contribution in [0.25, 0.3) is 0 Å². The first-order valence-corrected chi connectivity index (χ1v) is 7.56. The van der Waals surface area contributed by atoms with E-state index in [4.69, 9.17) is 4.74 Å². The Bertz CT molecular complexity index is 557. The second-order valence-electron chi connectivity index (χ2n) is 5.31. The second kappa shape index (κ2) is 7.75. The number of nitrogens with one attached hydrogen (secondary N) is 3. The normalized spacial score (nSPS) is 17.1. The van der Waals surface area contributed by atoms with Crippen LogP contribution < -0.4 is 16.0 Å². The molecule has 0 saturated carbocycles. The fourth-order valence-corrected chi connectivity index (χ4v) is 2.24. The third-order valence-corrected chi connectivity index (χ3v) is 3.88. The average molecular weight is 342 g/mol. The number of carbonyl (C=O) groups excluding carboxylic acids is 5. The van der Waals surface area contributed by atoms with Gasteiger partial charge in [-0.25, -0.2) is 9.59 Å². The molecule has 1 saturated heterocycles. The van der Waals surface area contributed by atoms with Gasteiger partial charge in [0.15, 0.2) is 6.10 Å². The van der Waals surface area contributed by atoms with Gasteiger partial charge in [-0.05, 0) is 19.8 Å². The van der Waals surface area contributed by atoms with E-state index in [9.17, 15) is 24.0 Å². The highest BCUT2D eigenvalue weighted by Crippen LogP contribution is 2.24. The summed E-state index contributed by atoms with van der Waals surface area (Å²) < 4.78 is 4.85. The Morgan fingerprint density at radius 1 is 1.25 bits per heavy atom. The summed E-state index contributed by atoms with van der Waals surface area (Å²) in [6, 6.07) is -1.42. The molecule has 6 amide bonds. The molecule has 1 fully saturated rings. The maximum Gasteiger partial charge on any atom is 0.327 e. The van der Waals surface area contributed by atoms with Crippen molar-refractivity contribution in [2.45, 2.75) is 45.3 Å². The molecule has 10 nitrogen and oxygen atoms in total. The first-order valence-electron chi connectivity index (χ1n) is 7.56. The van der Waals surface area contributed by atoms with E-state index in [0.29, 0.717) is 12.8 Å². The minimum atomic E-state index is -1.25. The number of urea groups is 2. The van der Waals surface area contributed by atoms with E-state index in [2.05, 4.69) is 10.6 Å². The smallest absolute Gasteiger partial charge is 0.327 e. The number of carbonyl (C=O) groups is 5. The number of imide groups is 2. The number of hydrogen-bond donors (Lipinski definition) is 3. The van der Waals surface area contributed by atoms with Crippen molar-refractivity contribution in [1.29, 1.82) is 0 Å². The van der Waals surface area contributed by atoms with Crippen LogP contribution in [0.2, 0.25) is 0 Å². The molecule has 24 heavy (non-hydrogen) atoms. The standard InChI is InChI=1S/C14H22N4O6/c1-5-14(6-2)11(21)18(13(23)17-14)7-9(19)24-8(3)10(20)16-12(22)15-4/h8H,5-7H2,1-4H3,(H,17,23)(H2,15,16,20,22)/t8-/m1/s1. The van der Waals surface area contributed by atoms with E-state index in [1.54, 1.807) is 13.8 Å². The fraction of sp³-hybridized carbons (Fsp3) is 0.643. The highest BCUT2D eigenvalue weighted by molar-refractivity contribution is 6.08. The molecular formula is C14H22N4O6. The number of hydrogen-bond acceptors (Lipinski definition) is 6. The van der Waals surface area contributed by atoms with Gasteiger partial charge in [0.2, 0.25) is 0 Å². The topological polar surface area (TPSA) is 134 Å². The van der Waals surface area contributed by atoms with Crippen LogP contribution >= 0.6 is 0 Å². The number of rotatable bonds is 6. The molecule has 1 aliphatic heterocycles. The van der Waals surface area contributed by atoms with Gasteiger partial charge in [-0.15, -0.1) is 0 Å². The van der Waals surface area contributed by atoms with Crippen molar-refractivity contribution in [1.82, 2.24) is 20.9 Å². The third kappa shape index (κ3) is 4.00. The summed E-state index contributed by atoms with van der Waals surface area (Å²) in [6.45, 7) is 4.18. The minimum Gasteiger partial charge on any atom is -0.451 e. The summed E-state index contributed by atoms with van der Waals surface area (Å²) in [4.78, 5) is 59.5. The molecule has 3 N–H and O–H groups in total. The van der Waals surface area contributed by atoms with Crippen molar-refractivity contribution >= 4 is 29.8 Å². The van der Waals surface area contributed by atoms with Crippen LogP contribution in [-0.2, 0) is 19.1 Å². The lowest BCUT2D eigenvalue weighted by atomic mass is 9.93. The summed E-state index contributed by atoms with van der Waals surface area (Å²) >= 11 is 0. The summed E-state index contributed by atoms with van der Waals surface area (Å²) in [6.07, 6.45) is -0.465. The molecule has 0 aliphatic carbocycles. The minimum absolute atomic E-state index is 0.393. The molecule has 1 aliphatic rings. The lowest BCUT2D eigenvalue weighted by Gasteiger charge is -2.23. The summed E-state index contributed by atoms with van der Waals surface area (Å²) in [5.41, 5.74) is -1.01. The molecule has 1 atom stereocenters. The lowest BCUT2D eigenvalue weighted by molar-refractivity contribution is -0.156. The van der Waals surface area contributed by atoms with E-state index in [1.807, 2.05) is 5.32 Å². The molecule has 0 aromatic rings. The predicted molar refractivity (Wildman–Crippen MR) is 81.7 cm³/mol. The van der Waals surface area contributed by atoms with Crippen LogP contribution in [0.1, 0.15) is 33.6 Å². The van der Waals surface area contributed by atoms with Crippen molar-refractivity contribution < 1.29 is 28.7 Å². The maximum absolute atomic E-state index is 12.3. The Morgan fingerprint density at radius 3 is 2.29 bits per heavy atom. The Hall–Kier alpha value is -2.65. The van der Waals surface area contributed by atoms with Crippen LogP contribution in [-0.4, -0.2) is 60.0 Å². The lowest BCUT2D eigenvalue weighted by Crippen LogP contribution is -2.46. The zero-order chi connectivity index (χ0) is 18.5. The maximum atomic E-state index is 12.3. The Kier molecular flexibility index (Phi) is 6.27. The van der Waals surface area contributed by atoms with E-state index >= 15 is 0 Å². The van der Waals surface area contributed by atoms with Crippen molar-refractivity contribution in [3.05, 3.63) is 0 Å². The van der Waals surface area contributed by atoms with Gasteiger partial charge in [0.05, 0.1) is 0 Å². The van der Waals surface area contributed by atoms with Gasteiger partial charge in [-0.2, -0.15) is 0 Å². The first kappa shape index (κ1) is 19.4. The number of esters is 1. The Balaban J connectivity index is 2.65. The van der Waals surface area contributed by atoms with Crippen LogP contribution in [0.4, 0.5) is 9.59 Å². The molecular weight excluding hydrogens is 320 g/mol. The Morgan fingerprint density at radius 2 is 1.83 bits per heavy atom. The van der Waals surface area contributed by atoms with Crippen molar-refractivity contribution in [2.75, 3.05) is 13.6 Å². The second-order valence-corrected chi connectivity index (χ2v) is 5.31. The van der Waals surface area contributed by atoms with Gasteiger partial charge in [0.1, 0.15) is 12.1 Å². The highest BCUT2D eigenvalue weighted by atomic mass is 16.5. The largest absolute Gasteiger partial charge is 0.451 e. The summed E-state index contributed by atoms with van der Waals surface area (Å²) in [5, 5.41) is 6.71. The van der Waals surface area contributed by atoms with E-state index in [1.165, 1.54) is 14.0 Å². The molecule has 134 valence electrons. The van der Waals surface area contributed by atoms with Gasteiger partial charge in [-0.3, -0.25) is 24.6 Å². The number of nitrogens with zero attached hydrogens (tertiary/aromatic N) is 1. The quantitative estimate of drug-likeness (QED) is 0.439. The molecule has 10 heteroatoms. The van der Waals surface area contributed by atoms with Crippen LogP contribution in [0.3, 0.4) is 0 Å². The monoisotopic (exact) mass is 342 g/mol. The molecule has 0 radical (unpaired) electrons. The van der Waals surface area contributed by atoms with Crippen molar-refractivity contribution in [3.8, 4) is 0 Å². The molecule has 0 bridgehead atoms. The van der Waals surface area contributed by atoms with Crippen LogP contribution in [0.15, 0.2) is 0 Å². The van der Waals surface area contributed by atoms with Gasteiger partial charge in [0, 0.05) is 7.05 Å². The molecule has 0 aromatic heterocycles. The van der Waals surface area contributed by atoms with E-state index in [0.717, 1.165) is 4.90 Å². The predicted octanol–water partition coefficient (Wildman–Crippen LogP) is -0.516. The molecule has 1 rings (SSSR count). The van der Waals surface area contributed by atoms with Gasteiger partial charge < -0.3 is 15.4 Å². The van der Waals surface area contributed by atoms with Crippen LogP contribution in [0.5, 0.6) is 0 Å². The molecule has 0 spiro atoms. The average Bonchev–Trinajstić information content (AvgIpc) is 2.79. The third-order valence-electron chi connectivity index (χ3n) is 3.88. The van der Waals surface area contributed by atoms with E-state index < -0.39 is 48.0 Å². The van der Waals surface area contributed by atoms with Crippen molar-refractivity contribution in [2.24, 2.45) is 0 Å². The zero-order valence-corrected chi connectivity index (χ0v) is 14.1. The van der Waals surface area contributed by atoms with Crippen LogP contribution in [0, 0.1) is 0 Å². The first-order chi connectivity index (χ1) is 11.2. The van der Waals surface area contributed by atoms with Gasteiger partial charge >= 0.3 is 18.0 Å². The molecule has 1 heterocycles. The SMILES string of the molecule is CCC1(CC)NC(=O)N(CC(=O)O[C@H](C)C(=O)NC(=O)NC)C1=O. The summed E-state index contributed by atoms with van der Waals surface area (Å²) in [7, 11) is 1.32. The zero-order valence-electron chi connectivity index (χ0n) is 14.1. The van der Waals surface area contributed by atoms with Crippen molar-refractivity contribution in [3.63, 3.8) is 0 Å². The number of ether oxygens (including phenoxy) is 1. The fourth-order valence-electron chi connectivity index (χ4n) is 2.24. The summed E-state index contributed by atoms with van der Waals surface area (Å²) in [5.74, 6) is -2.26. The van der Waals surface area contributed by atoms with Gasteiger partial charge in [0.25, 0.3) is 11.8 Å². The van der Waals surface area contributed by atoms with E-state index in [-0.39, 0.29) is 0 Å². The highest BCUT2D eigenvalue weighted by Gasteiger charge is 2.49. The molecule has 0 aromatic carbocycles. The van der Waals surface area contributed by atoms with Gasteiger partial charge in [-0.1, -0.05) is 13.8 Å².